The Hall–Kier alpha value is -2.41. The van der Waals surface area contributed by atoms with Crippen LogP contribution in [0.5, 0.6) is 0 Å². The van der Waals surface area contributed by atoms with Crippen LogP contribution >= 0.6 is 11.8 Å². The second kappa shape index (κ2) is 8.73. The summed E-state index contributed by atoms with van der Waals surface area (Å²) < 4.78 is 1.44. The van der Waals surface area contributed by atoms with Gasteiger partial charge in [0.2, 0.25) is 0 Å². The van der Waals surface area contributed by atoms with Gasteiger partial charge in [-0.25, -0.2) is 4.79 Å². The van der Waals surface area contributed by atoms with E-state index >= 15 is 0 Å². The molecule has 28 heavy (non-hydrogen) atoms. The summed E-state index contributed by atoms with van der Waals surface area (Å²) in [6.45, 7) is 6.42. The standard InChI is InChI=1S/C21H25N3O3S/c1-4-5-11-23-20(26)19-17(10-12-28-19)24(21(23)27)13-18(25)22-16-9-7-6-8-15(16)14(2)3/h6-10,12,14,19H,4-5,11,13H2,1-3H3/p+1. The Kier molecular flexibility index (Phi) is 6.34. The lowest BCUT2D eigenvalue weighted by atomic mass is 10.0. The summed E-state index contributed by atoms with van der Waals surface area (Å²) in [5.41, 5.74) is 2.39. The van der Waals surface area contributed by atoms with Gasteiger partial charge in [0.05, 0.1) is 6.54 Å². The van der Waals surface area contributed by atoms with E-state index in [1.165, 1.54) is 21.2 Å². The second-order valence-corrected chi connectivity index (χ2v) is 8.26. The number of anilines is 1. The molecule has 4 amide bonds. The molecule has 0 saturated heterocycles. The maximum absolute atomic E-state index is 12.9. The number of urea groups is 1. The fraction of sp³-hybridized carbons (Fsp3) is 0.429. The number of imide groups is 1. The Morgan fingerprint density at radius 2 is 2.04 bits per heavy atom. The molecule has 1 aromatic carbocycles. The van der Waals surface area contributed by atoms with Gasteiger partial charge in [-0.1, -0.05) is 45.4 Å². The zero-order valence-electron chi connectivity index (χ0n) is 16.5. The molecule has 0 bridgehead atoms. The van der Waals surface area contributed by atoms with E-state index in [0.29, 0.717) is 12.3 Å². The molecule has 2 heterocycles. The van der Waals surface area contributed by atoms with Crippen molar-refractivity contribution < 1.29 is 19.0 Å². The minimum absolute atomic E-state index is 0.113. The van der Waals surface area contributed by atoms with Gasteiger partial charge in [0.1, 0.15) is 5.71 Å². The number of hydrogen-bond acceptors (Lipinski definition) is 4. The number of carbonyl (C=O) groups excluding carboxylic acids is 3. The van der Waals surface area contributed by atoms with Gasteiger partial charge in [-0.15, -0.1) is 11.8 Å². The summed E-state index contributed by atoms with van der Waals surface area (Å²) in [7, 11) is 0. The predicted molar refractivity (Wildman–Crippen MR) is 112 cm³/mol. The Morgan fingerprint density at radius 3 is 2.75 bits per heavy atom. The zero-order chi connectivity index (χ0) is 20.3. The minimum atomic E-state index is -0.440. The lowest BCUT2D eigenvalue weighted by Crippen LogP contribution is -2.56. The quantitative estimate of drug-likeness (QED) is 0.710. The molecule has 2 aliphatic heterocycles. The summed E-state index contributed by atoms with van der Waals surface area (Å²) in [5, 5.41) is 4.30. The van der Waals surface area contributed by atoms with Gasteiger partial charge in [-0.3, -0.25) is 4.79 Å². The molecule has 2 aliphatic rings. The van der Waals surface area contributed by atoms with Gasteiger partial charge in [-0.05, 0) is 35.5 Å². The highest BCUT2D eigenvalue weighted by atomic mass is 32.2. The third-order valence-corrected chi connectivity index (χ3v) is 5.89. The number of hydrogen-bond donors (Lipinski definition) is 1. The number of unbranched alkanes of at least 4 members (excludes halogenated alkanes) is 1. The molecule has 0 fully saturated rings. The Morgan fingerprint density at radius 1 is 1.29 bits per heavy atom. The first-order valence-corrected chi connectivity index (χ1v) is 10.6. The molecule has 6 nitrogen and oxygen atoms in total. The van der Waals surface area contributed by atoms with Crippen LogP contribution < -0.4 is 5.32 Å². The molecular weight excluding hydrogens is 374 g/mol. The Balaban J connectivity index is 1.82. The highest BCUT2D eigenvalue weighted by Gasteiger charge is 2.49. The molecule has 3 rings (SSSR count). The first-order chi connectivity index (χ1) is 13.4. The van der Waals surface area contributed by atoms with Crippen LogP contribution in [0.25, 0.3) is 0 Å². The van der Waals surface area contributed by atoms with Gasteiger partial charge in [0, 0.05) is 5.69 Å². The number of amides is 4. The van der Waals surface area contributed by atoms with Crippen molar-refractivity contribution in [2.45, 2.75) is 44.8 Å². The lowest BCUT2D eigenvalue weighted by Gasteiger charge is -2.24. The molecule has 0 spiro atoms. The number of allylic oxidation sites excluding steroid dienone is 1. The van der Waals surface area contributed by atoms with Crippen molar-refractivity contribution >= 4 is 41.0 Å². The molecule has 148 valence electrons. The number of para-hydroxylation sites is 1. The zero-order valence-corrected chi connectivity index (χ0v) is 17.3. The maximum atomic E-state index is 12.9. The first-order valence-electron chi connectivity index (χ1n) is 9.64. The third-order valence-electron chi connectivity index (χ3n) is 4.88. The molecule has 0 aliphatic carbocycles. The average molecular weight is 401 g/mol. The van der Waals surface area contributed by atoms with Crippen LogP contribution in [0.4, 0.5) is 10.5 Å². The van der Waals surface area contributed by atoms with Crippen LogP contribution in [-0.2, 0) is 9.59 Å². The number of benzene rings is 1. The van der Waals surface area contributed by atoms with E-state index in [0.717, 1.165) is 24.1 Å². The van der Waals surface area contributed by atoms with Gasteiger partial charge >= 0.3 is 11.9 Å². The van der Waals surface area contributed by atoms with E-state index in [9.17, 15) is 14.4 Å². The van der Waals surface area contributed by atoms with Crippen LogP contribution in [0.15, 0.2) is 35.7 Å². The monoisotopic (exact) mass is 400 g/mol. The maximum Gasteiger partial charge on any atom is 0.501 e. The van der Waals surface area contributed by atoms with Crippen LogP contribution in [-0.4, -0.2) is 51.4 Å². The van der Waals surface area contributed by atoms with Crippen LogP contribution in [0, 0.1) is 0 Å². The normalized spacial score (nSPS) is 18.9. The van der Waals surface area contributed by atoms with Gasteiger partial charge in [-0.2, -0.15) is 14.3 Å². The molecule has 7 heteroatoms. The number of fused-ring (bicyclic) bond motifs is 1. The molecule has 1 N–H and O–H groups in total. The number of nitrogens with zero attached hydrogens (tertiary/aromatic N) is 2. The topological polar surface area (TPSA) is 69.5 Å². The van der Waals surface area contributed by atoms with E-state index < -0.39 is 11.3 Å². The largest absolute Gasteiger partial charge is 0.501 e. The molecule has 1 aromatic rings. The van der Waals surface area contributed by atoms with Crippen molar-refractivity contribution in [2.24, 2.45) is 0 Å². The van der Waals surface area contributed by atoms with E-state index in [1.54, 1.807) is 6.08 Å². The van der Waals surface area contributed by atoms with Crippen LogP contribution in [0.3, 0.4) is 0 Å². The summed E-state index contributed by atoms with van der Waals surface area (Å²) >= 11 is 1.38. The van der Waals surface area contributed by atoms with Crippen molar-refractivity contribution in [1.29, 1.82) is 0 Å². The second-order valence-electron chi connectivity index (χ2n) is 7.25. The fourth-order valence-corrected chi connectivity index (χ4v) is 4.35. The van der Waals surface area contributed by atoms with Gasteiger partial charge < -0.3 is 5.32 Å². The van der Waals surface area contributed by atoms with E-state index in [4.69, 9.17) is 0 Å². The third kappa shape index (κ3) is 4.04. The summed E-state index contributed by atoms with van der Waals surface area (Å²) in [5.74, 6) is -0.198. The molecule has 0 radical (unpaired) electrons. The Bertz CT molecular complexity index is 860. The SMILES string of the molecule is CCCCN1C(=O)C2SC=CC2=[N+](CC(=O)Nc2ccccc2C(C)C)C1=O. The molecule has 1 atom stereocenters. The highest BCUT2D eigenvalue weighted by molar-refractivity contribution is 8.04. The fourth-order valence-electron chi connectivity index (χ4n) is 3.38. The minimum Gasteiger partial charge on any atom is -0.322 e. The van der Waals surface area contributed by atoms with Crippen molar-refractivity contribution in [3.05, 3.63) is 41.3 Å². The summed E-state index contributed by atoms with van der Waals surface area (Å²) in [6.07, 6.45) is 3.40. The smallest absolute Gasteiger partial charge is 0.322 e. The van der Waals surface area contributed by atoms with Crippen molar-refractivity contribution in [1.82, 2.24) is 4.90 Å². The molecule has 0 saturated carbocycles. The summed E-state index contributed by atoms with van der Waals surface area (Å²) in [4.78, 5) is 39.6. The average Bonchev–Trinajstić information content (AvgIpc) is 3.15. The van der Waals surface area contributed by atoms with Crippen LogP contribution in [0.2, 0.25) is 0 Å². The number of nitrogens with one attached hydrogen (secondary N) is 1. The number of carbonyl (C=O) groups is 3. The molecule has 1 unspecified atom stereocenters. The van der Waals surface area contributed by atoms with Crippen molar-refractivity contribution in [3.63, 3.8) is 0 Å². The van der Waals surface area contributed by atoms with E-state index in [2.05, 4.69) is 19.2 Å². The predicted octanol–water partition coefficient (Wildman–Crippen LogP) is 3.59. The van der Waals surface area contributed by atoms with E-state index in [-0.39, 0.29) is 24.3 Å². The lowest BCUT2D eigenvalue weighted by molar-refractivity contribution is -0.425. The van der Waals surface area contributed by atoms with Gasteiger partial charge in [0.25, 0.3) is 5.91 Å². The molecule has 0 aromatic heterocycles. The van der Waals surface area contributed by atoms with Crippen molar-refractivity contribution in [2.75, 3.05) is 18.4 Å². The van der Waals surface area contributed by atoms with Crippen LogP contribution in [0.1, 0.15) is 45.1 Å². The van der Waals surface area contributed by atoms with Crippen molar-refractivity contribution in [3.8, 4) is 0 Å². The molecular formula is C21H26N3O3S+. The Labute approximate surface area is 169 Å². The highest BCUT2D eigenvalue weighted by Crippen LogP contribution is 2.28. The number of thioether (sulfide) groups is 1. The first kappa shape index (κ1) is 20.3. The van der Waals surface area contributed by atoms with Gasteiger partial charge in [0.15, 0.2) is 11.8 Å². The summed E-state index contributed by atoms with van der Waals surface area (Å²) in [6, 6.07) is 7.25. The van der Waals surface area contributed by atoms with E-state index in [1.807, 2.05) is 36.6 Å². The number of rotatable bonds is 7.